The van der Waals surface area contributed by atoms with Crippen LogP contribution in [-0.4, -0.2) is 44.2 Å². The van der Waals surface area contributed by atoms with Crippen LogP contribution in [0.15, 0.2) is 67.1 Å². The van der Waals surface area contributed by atoms with Crippen LogP contribution in [0.3, 0.4) is 0 Å². The quantitative estimate of drug-likeness (QED) is 0.354. The number of pyridine rings is 2. The molecule has 0 saturated carbocycles. The third kappa shape index (κ3) is 3.48. The predicted octanol–water partition coefficient (Wildman–Crippen LogP) is 5.57. The van der Waals surface area contributed by atoms with Gasteiger partial charge in [-0.2, -0.15) is 5.10 Å². The lowest BCUT2D eigenvalue weighted by Crippen LogP contribution is -2.08. The Morgan fingerprint density at radius 3 is 2.57 bits per heavy atom. The van der Waals surface area contributed by atoms with E-state index in [1.54, 1.807) is 42.9 Å². The van der Waals surface area contributed by atoms with Crippen LogP contribution in [0.25, 0.3) is 55.8 Å². The molecule has 0 atom stereocenters. The Morgan fingerprint density at radius 2 is 1.74 bits per heavy atom. The standard InChI is InChI=1S/C26H19F2N7/c1-35(2)16-9-15(12-29-13-16)14-10-19-22(21(28)11-14)33-34-24(19)26-31-23-18(7-8-30-25(23)32-26)17-5-3-4-6-20(17)27/h3-13H,1-2H3,(H,33,34)(H,30,31,32). The first-order valence-corrected chi connectivity index (χ1v) is 10.9. The second-order valence-corrected chi connectivity index (χ2v) is 8.40. The number of hydrogen-bond donors (Lipinski definition) is 2. The smallest absolute Gasteiger partial charge is 0.178 e. The van der Waals surface area contributed by atoms with Crippen molar-refractivity contribution in [2.24, 2.45) is 0 Å². The van der Waals surface area contributed by atoms with Gasteiger partial charge in [-0.1, -0.05) is 18.2 Å². The normalized spacial score (nSPS) is 11.4. The molecule has 2 N–H and O–H groups in total. The van der Waals surface area contributed by atoms with Gasteiger partial charge in [0.05, 0.1) is 17.4 Å². The Bertz CT molecular complexity index is 1720. The molecule has 0 amide bonds. The van der Waals surface area contributed by atoms with Crippen LogP contribution in [-0.2, 0) is 0 Å². The molecule has 0 aliphatic carbocycles. The van der Waals surface area contributed by atoms with E-state index < -0.39 is 5.82 Å². The molecule has 6 rings (SSSR count). The summed E-state index contributed by atoms with van der Waals surface area (Å²) in [7, 11) is 3.84. The first kappa shape index (κ1) is 20.9. The maximum absolute atomic E-state index is 15.1. The van der Waals surface area contributed by atoms with Crippen molar-refractivity contribution in [3.63, 3.8) is 0 Å². The van der Waals surface area contributed by atoms with Gasteiger partial charge in [-0.25, -0.2) is 18.7 Å². The van der Waals surface area contributed by atoms with Crippen LogP contribution >= 0.6 is 0 Å². The molecule has 4 heterocycles. The van der Waals surface area contributed by atoms with Crippen LogP contribution in [0.2, 0.25) is 0 Å². The average molecular weight is 467 g/mol. The Balaban J connectivity index is 1.52. The summed E-state index contributed by atoms with van der Waals surface area (Å²) in [6.45, 7) is 0. The highest BCUT2D eigenvalue weighted by atomic mass is 19.1. The largest absolute Gasteiger partial charge is 0.376 e. The topological polar surface area (TPSA) is 86.4 Å². The summed E-state index contributed by atoms with van der Waals surface area (Å²) >= 11 is 0. The highest BCUT2D eigenvalue weighted by molar-refractivity contribution is 5.97. The van der Waals surface area contributed by atoms with Crippen molar-refractivity contribution in [2.75, 3.05) is 19.0 Å². The van der Waals surface area contributed by atoms with Crippen molar-refractivity contribution in [1.82, 2.24) is 30.1 Å². The molecule has 7 nitrogen and oxygen atoms in total. The van der Waals surface area contributed by atoms with Gasteiger partial charge >= 0.3 is 0 Å². The monoisotopic (exact) mass is 467 g/mol. The summed E-state index contributed by atoms with van der Waals surface area (Å²) in [5.74, 6) is -0.379. The number of halogens is 2. The van der Waals surface area contributed by atoms with Gasteiger partial charge in [0.1, 0.15) is 17.0 Å². The number of hydrogen-bond acceptors (Lipinski definition) is 5. The molecule has 0 saturated heterocycles. The summed E-state index contributed by atoms with van der Waals surface area (Å²) in [5, 5.41) is 7.63. The SMILES string of the molecule is CN(C)c1cncc(-c2cc(F)c3n[nH]c(-c4nc5nccc(-c6ccccc6F)c5[nH]4)c3c2)c1. The van der Waals surface area contributed by atoms with Crippen molar-refractivity contribution in [3.05, 3.63) is 78.8 Å². The Kier molecular flexibility index (Phi) is 4.77. The average Bonchev–Trinajstić information content (AvgIpc) is 3.49. The van der Waals surface area contributed by atoms with Crippen LogP contribution in [0.4, 0.5) is 14.5 Å². The molecule has 0 aliphatic heterocycles. The second kappa shape index (κ2) is 7.98. The fourth-order valence-corrected chi connectivity index (χ4v) is 4.19. The minimum Gasteiger partial charge on any atom is -0.376 e. The van der Waals surface area contributed by atoms with Gasteiger partial charge in [0, 0.05) is 48.6 Å². The molecule has 172 valence electrons. The van der Waals surface area contributed by atoms with E-state index in [0.717, 1.165) is 11.3 Å². The number of rotatable bonds is 4. The minimum atomic E-state index is -0.462. The van der Waals surface area contributed by atoms with Crippen molar-refractivity contribution in [2.45, 2.75) is 0 Å². The number of aromatic nitrogens is 6. The lowest BCUT2D eigenvalue weighted by Gasteiger charge is -2.13. The number of nitrogens with one attached hydrogen (secondary N) is 2. The number of fused-ring (bicyclic) bond motifs is 2. The van der Waals surface area contributed by atoms with Crippen LogP contribution in [0.1, 0.15) is 0 Å². The van der Waals surface area contributed by atoms with E-state index in [-0.39, 0.29) is 11.3 Å². The maximum Gasteiger partial charge on any atom is 0.178 e. The number of H-pyrrole nitrogens is 2. The fraction of sp³-hybridized carbons (Fsp3) is 0.0769. The van der Waals surface area contributed by atoms with Gasteiger partial charge in [0.2, 0.25) is 0 Å². The molecule has 0 aliphatic rings. The zero-order valence-electron chi connectivity index (χ0n) is 18.8. The number of aromatic amines is 2. The molecule has 0 bridgehead atoms. The maximum atomic E-state index is 15.1. The highest BCUT2D eigenvalue weighted by Gasteiger charge is 2.19. The highest BCUT2D eigenvalue weighted by Crippen LogP contribution is 2.34. The number of anilines is 1. The van der Waals surface area contributed by atoms with E-state index in [9.17, 15) is 4.39 Å². The van der Waals surface area contributed by atoms with Crippen LogP contribution in [0.5, 0.6) is 0 Å². The van der Waals surface area contributed by atoms with E-state index in [2.05, 4.69) is 30.1 Å². The molecule has 0 fully saturated rings. The molecule has 35 heavy (non-hydrogen) atoms. The van der Waals surface area contributed by atoms with Gasteiger partial charge in [-0.15, -0.1) is 0 Å². The summed E-state index contributed by atoms with van der Waals surface area (Å²) in [6.07, 6.45) is 5.03. The van der Waals surface area contributed by atoms with Gasteiger partial charge in [0.15, 0.2) is 17.3 Å². The van der Waals surface area contributed by atoms with E-state index >= 15 is 4.39 Å². The summed E-state index contributed by atoms with van der Waals surface area (Å²) in [4.78, 5) is 18.4. The molecule has 0 unspecified atom stereocenters. The summed E-state index contributed by atoms with van der Waals surface area (Å²) in [5.41, 5.74) is 5.11. The third-order valence-electron chi connectivity index (χ3n) is 5.98. The Hall–Kier alpha value is -4.66. The predicted molar refractivity (Wildman–Crippen MR) is 132 cm³/mol. The Labute approximate surface area is 198 Å². The molecular weight excluding hydrogens is 448 g/mol. The molecule has 0 radical (unpaired) electrons. The van der Waals surface area contributed by atoms with E-state index in [4.69, 9.17) is 0 Å². The zero-order valence-corrected chi connectivity index (χ0v) is 18.8. The van der Waals surface area contributed by atoms with Crippen LogP contribution in [0, 0.1) is 11.6 Å². The molecule has 9 heteroatoms. The van der Waals surface area contributed by atoms with Gasteiger partial charge in [-0.05, 0) is 35.9 Å². The van der Waals surface area contributed by atoms with Crippen LogP contribution < -0.4 is 4.90 Å². The Morgan fingerprint density at radius 1 is 0.886 bits per heavy atom. The fourth-order valence-electron chi connectivity index (χ4n) is 4.19. The zero-order chi connectivity index (χ0) is 24.1. The van der Waals surface area contributed by atoms with Crippen molar-refractivity contribution >= 4 is 27.8 Å². The van der Waals surface area contributed by atoms with E-state index in [1.807, 2.05) is 31.1 Å². The minimum absolute atomic E-state index is 0.197. The number of nitrogens with zero attached hydrogens (tertiary/aromatic N) is 5. The molecule has 6 aromatic rings. The molecule has 0 spiro atoms. The summed E-state index contributed by atoms with van der Waals surface area (Å²) < 4.78 is 29.6. The molecule has 2 aromatic carbocycles. The molecule has 4 aromatic heterocycles. The van der Waals surface area contributed by atoms with E-state index in [1.165, 1.54) is 12.1 Å². The second-order valence-electron chi connectivity index (χ2n) is 8.40. The first-order chi connectivity index (χ1) is 17.0. The summed E-state index contributed by atoms with van der Waals surface area (Å²) in [6, 6.07) is 13.5. The van der Waals surface area contributed by atoms with Gasteiger partial charge < -0.3 is 9.88 Å². The number of imidazole rings is 1. The van der Waals surface area contributed by atoms with Gasteiger partial charge in [0.25, 0.3) is 0 Å². The lowest BCUT2D eigenvalue weighted by atomic mass is 10.0. The first-order valence-electron chi connectivity index (χ1n) is 10.9. The van der Waals surface area contributed by atoms with Crippen molar-refractivity contribution in [1.29, 1.82) is 0 Å². The number of benzene rings is 2. The third-order valence-corrected chi connectivity index (χ3v) is 5.98. The van der Waals surface area contributed by atoms with E-state index in [0.29, 0.717) is 44.8 Å². The molecular formula is C26H19F2N7. The lowest BCUT2D eigenvalue weighted by molar-refractivity contribution is 0.631. The van der Waals surface area contributed by atoms with Gasteiger partial charge in [-0.3, -0.25) is 10.1 Å². The van der Waals surface area contributed by atoms with Crippen molar-refractivity contribution < 1.29 is 8.78 Å². The van der Waals surface area contributed by atoms with Crippen molar-refractivity contribution in [3.8, 4) is 33.8 Å².